The molecule has 2 aliphatic rings. The number of aromatic nitrogens is 4. The summed E-state index contributed by atoms with van der Waals surface area (Å²) >= 11 is 12.1. The molecule has 0 radical (unpaired) electrons. The number of alkyl halides is 1. The number of benzene rings is 1. The number of hydrogen-bond acceptors (Lipinski definition) is 10. The van der Waals surface area contributed by atoms with Gasteiger partial charge in [0.05, 0.1) is 17.8 Å². The van der Waals surface area contributed by atoms with E-state index in [9.17, 15) is 9.50 Å². The number of phenolic OH excluding ortho intramolecular Hbond substituents is 1. The van der Waals surface area contributed by atoms with Crippen LogP contribution in [0.25, 0.3) is 22.5 Å². The molecule has 0 amide bonds. The fourth-order valence-electron chi connectivity index (χ4n) is 6.01. The normalized spacial score (nSPS) is 26.8. The Hall–Kier alpha value is -2.31. The van der Waals surface area contributed by atoms with Gasteiger partial charge in [-0.05, 0) is 54.4 Å². The zero-order valence-corrected chi connectivity index (χ0v) is 23.8. The molecule has 202 valence electrons. The second kappa shape index (κ2) is 9.71. The molecule has 2 saturated carbocycles. The third-order valence-electron chi connectivity index (χ3n) is 7.83. The molecule has 2 bridgehead atoms. The second-order valence-corrected chi connectivity index (χ2v) is 13.9. The standard InChI is InChI=1S/C26H29F2N5O2S3/c1-24-6-7-25(2,13-24)22(28)17(11-24)33(3)20-12-29-23(32-31-20)16-5-4-14(8-18(16)34)15-9-19(27)30-21(10-15)35-26(36,37)38/h4-5,8-10,12,17,22,34,36-38H,6-7,11,13H2,1-3H3/t17-,22-,24-,25-/m0/s1. The minimum atomic E-state index is -1.45. The van der Waals surface area contributed by atoms with E-state index in [-0.39, 0.29) is 34.3 Å². The monoisotopic (exact) mass is 577 g/mol. The van der Waals surface area contributed by atoms with Gasteiger partial charge in [0.2, 0.25) is 15.4 Å². The first-order valence-corrected chi connectivity index (χ1v) is 13.5. The summed E-state index contributed by atoms with van der Waals surface area (Å²) in [6.45, 7) is 4.29. The van der Waals surface area contributed by atoms with Crippen molar-refractivity contribution in [1.82, 2.24) is 20.2 Å². The van der Waals surface area contributed by atoms with Crippen molar-refractivity contribution < 1.29 is 18.6 Å². The molecule has 2 heterocycles. The molecule has 2 fully saturated rings. The van der Waals surface area contributed by atoms with Gasteiger partial charge in [0.1, 0.15) is 11.9 Å². The zero-order valence-electron chi connectivity index (χ0n) is 21.1. The van der Waals surface area contributed by atoms with Gasteiger partial charge in [-0.2, -0.15) is 9.37 Å². The summed E-state index contributed by atoms with van der Waals surface area (Å²) in [6.07, 6.45) is 4.18. The van der Waals surface area contributed by atoms with Crippen molar-refractivity contribution in [3.63, 3.8) is 0 Å². The van der Waals surface area contributed by atoms with Crippen LogP contribution in [0.4, 0.5) is 14.6 Å². The minimum absolute atomic E-state index is 0.0692. The zero-order chi connectivity index (χ0) is 27.5. The summed E-state index contributed by atoms with van der Waals surface area (Å²) in [5.41, 5.74) is 1.08. The van der Waals surface area contributed by atoms with E-state index in [0.717, 1.165) is 25.7 Å². The molecular formula is C26H29F2N5O2S3. The number of rotatable bonds is 6. The molecule has 0 spiro atoms. The van der Waals surface area contributed by atoms with Crippen LogP contribution in [-0.2, 0) is 0 Å². The van der Waals surface area contributed by atoms with Gasteiger partial charge in [-0.25, -0.2) is 9.37 Å². The third-order valence-corrected chi connectivity index (χ3v) is 8.10. The first-order valence-electron chi connectivity index (χ1n) is 12.2. The number of pyridine rings is 1. The highest BCUT2D eigenvalue weighted by Gasteiger charge is 2.56. The molecule has 1 N–H and O–H groups in total. The summed E-state index contributed by atoms with van der Waals surface area (Å²) in [5, 5.41) is 19.2. The highest BCUT2D eigenvalue weighted by Crippen LogP contribution is 2.59. The van der Waals surface area contributed by atoms with Crippen LogP contribution < -0.4 is 9.64 Å². The van der Waals surface area contributed by atoms with E-state index in [4.69, 9.17) is 4.74 Å². The molecule has 3 aromatic rings. The van der Waals surface area contributed by atoms with Crippen LogP contribution in [0.1, 0.15) is 39.5 Å². The van der Waals surface area contributed by atoms with Crippen molar-refractivity contribution >= 4 is 43.7 Å². The first-order chi connectivity index (χ1) is 17.8. The quantitative estimate of drug-likeness (QED) is 0.163. The summed E-state index contributed by atoms with van der Waals surface area (Å²) in [6, 6.07) is 7.13. The maximum atomic E-state index is 15.5. The predicted octanol–water partition coefficient (Wildman–Crippen LogP) is 5.97. The number of halogens is 2. The van der Waals surface area contributed by atoms with E-state index >= 15 is 4.39 Å². The number of anilines is 1. The van der Waals surface area contributed by atoms with Crippen LogP contribution in [0.3, 0.4) is 0 Å². The van der Waals surface area contributed by atoms with Gasteiger partial charge >= 0.3 is 0 Å². The fourth-order valence-corrected chi connectivity index (χ4v) is 6.29. The lowest BCUT2D eigenvalue weighted by molar-refractivity contribution is 0.0380. The van der Waals surface area contributed by atoms with Crippen molar-refractivity contribution in [2.75, 3.05) is 11.9 Å². The third kappa shape index (κ3) is 5.40. The number of phenols is 1. The Bertz CT molecular complexity index is 1360. The molecule has 0 unspecified atom stereocenters. The van der Waals surface area contributed by atoms with E-state index in [1.165, 1.54) is 18.2 Å². The second-order valence-electron chi connectivity index (χ2n) is 11.0. The molecule has 0 saturated heterocycles. The fraction of sp³-hybridized carbons (Fsp3) is 0.462. The smallest absolute Gasteiger partial charge is 0.242 e. The van der Waals surface area contributed by atoms with E-state index in [1.807, 2.05) is 18.9 Å². The van der Waals surface area contributed by atoms with E-state index in [2.05, 4.69) is 65.0 Å². The molecule has 12 heteroatoms. The van der Waals surface area contributed by atoms with Gasteiger partial charge in [0.25, 0.3) is 0 Å². The average Bonchev–Trinajstić information content (AvgIpc) is 3.11. The van der Waals surface area contributed by atoms with Crippen molar-refractivity contribution in [2.45, 2.75) is 55.3 Å². The number of hydrogen-bond donors (Lipinski definition) is 4. The van der Waals surface area contributed by atoms with Gasteiger partial charge in [-0.15, -0.1) is 48.1 Å². The Labute approximate surface area is 236 Å². The Kier molecular flexibility index (Phi) is 6.96. The van der Waals surface area contributed by atoms with Crippen LogP contribution >= 0.6 is 37.9 Å². The van der Waals surface area contributed by atoms with Crippen LogP contribution in [0.2, 0.25) is 0 Å². The number of fused-ring (bicyclic) bond motifs is 2. The molecule has 2 aliphatic carbocycles. The summed E-state index contributed by atoms with van der Waals surface area (Å²) < 4.78 is 33.5. The highest BCUT2D eigenvalue weighted by atomic mass is 32.2. The summed E-state index contributed by atoms with van der Waals surface area (Å²) in [4.78, 5) is 9.89. The first kappa shape index (κ1) is 27.3. The lowest BCUT2D eigenvalue weighted by Crippen LogP contribution is -2.52. The number of thiol groups is 3. The molecule has 38 heavy (non-hydrogen) atoms. The van der Waals surface area contributed by atoms with Crippen LogP contribution in [0, 0.1) is 16.8 Å². The lowest BCUT2D eigenvalue weighted by atomic mass is 9.67. The van der Waals surface area contributed by atoms with E-state index < -0.39 is 15.7 Å². The van der Waals surface area contributed by atoms with Gasteiger partial charge < -0.3 is 14.7 Å². The lowest BCUT2D eigenvalue weighted by Gasteiger charge is -2.46. The maximum absolute atomic E-state index is 15.5. The van der Waals surface area contributed by atoms with Gasteiger partial charge in [-0.3, -0.25) is 0 Å². The molecule has 2 aromatic heterocycles. The van der Waals surface area contributed by atoms with Crippen molar-refractivity contribution in [3.05, 3.63) is 42.5 Å². The molecule has 1 aromatic carbocycles. The van der Waals surface area contributed by atoms with Crippen LogP contribution in [0.5, 0.6) is 11.6 Å². The molecule has 7 nitrogen and oxygen atoms in total. The molecule has 4 atom stereocenters. The Morgan fingerprint density at radius 2 is 1.87 bits per heavy atom. The Morgan fingerprint density at radius 3 is 2.53 bits per heavy atom. The SMILES string of the molecule is CN(c1cnc(-c2ccc(-c3cc(F)nc(OC(S)(S)S)c3)cc2O)nn1)[C@H]1C[C@]2(C)CC[C@@](C)(C2)[C@H]1F. The van der Waals surface area contributed by atoms with Crippen molar-refractivity contribution in [2.24, 2.45) is 10.8 Å². The minimum Gasteiger partial charge on any atom is -0.507 e. The largest absolute Gasteiger partial charge is 0.507 e. The topological polar surface area (TPSA) is 84.3 Å². The van der Waals surface area contributed by atoms with Gasteiger partial charge in [0.15, 0.2) is 11.6 Å². The Morgan fingerprint density at radius 1 is 1.11 bits per heavy atom. The molecule has 0 aliphatic heterocycles. The number of ether oxygens (including phenoxy) is 1. The van der Waals surface area contributed by atoms with E-state index in [1.54, 1.807) is 18.3 Å². The molecular weight excluding hydrogens is 549 g/mol. The average molecular weight is 578 g/mol. The maximum Gasteiger partial charge on any atom is 0.242 e. The van der Waals surface area contributed by atoms with Gasteiger partial charge in [-0.1, -0.05) is 19.9 Å². The van der Waals surface area contributed by atoms with Gasteiger partial charge in [0, 0.05) is 24.6 Å². The Balaban J connectivity index is 1.36. The number of aromatic hydroxyl groups is 1. The van der Waals surface area contributed by atoms with Crippen LogP contribution in [-0.4, -0.2) is 48.1 Å². The van der Waals surface area contributed by atoms with E-state index in [0.29, 0.717) is 22.5 Å². The summed E-state index contributed by atoms with van der Waals surface area (Å²) in [7, 11) is 1.83. The predicted molar refractivity (Wildman–Crippen MR) is 152 cm³/mol. The summed E-state index contributed by atoms with van der Waals surface area (Å²) in [5.74, 6) is -0.289. The highest BCUT2D eigenvalue weighted by molar-refractivity contribution is 8.16. The molecule has 5 rings (SSSR count). The number of nitrogens with zero attached hydrogens (tertiary/aromatic N) is 5. The van der Waals surface area contributed by atoms with Crippen molar-refractivity contribution in [1.29, 1.82) is 0 Å². The van der Waals surface area contributed by atoms with Crippen LogP contribution in [0.15, 0.2) is 36.5 Å². The van der Waals surface area contributed by atoms with Crippen molar-refractivity contribution in [3.8, 4) is 34.1 Å².